The lowest BCUT2D eigenvalue weighted by atomic mass is 10.2. The molecule has 0 saturated carbocycles. The molecule has 1 fully saturated rings. The van der Waals surface area contributed by atoms with Crippen molar-refractivity contribution in [3.63, 3.8) is 0 Å². The van der Waals surface area contributed by atoms with Crippen LogP contribution < -0.4 is 5.32 Å². The largest absolute Gasteiger partial charge is 0.468 e. The van der Waals surface area contributed by atoms with Crippen LogP contribution in [-0.4, -0.2) is 45.6 Å². The van der Waals surface area contributed by atoms with Crippen molar-refractivity contribution in [2.45, 2.75) is 18.1 Å². The van der Waals surface area contributed by atoms with E-state index >= 15 is 0 Å². The second kappa shape index (κ2) is 4.75. The van der Waals surface area contributed by atoms with Gasteiger partial charge in [-0.2, -0.15) is 0 Å². The van der Waals surface area contributed by atoms with Crippen molar-refractivity contribution in [1.29, 1.82) is 0 Å². The summed E-state index contributed by atoms with van der Waals surface area (Å²) in [6.45, 7) is 0.417. The molecule has 1 N–H and O–H groups in total. The highest BCUT2D eigenvalue weighted by Gasteiger charge is 2.30. The fourth-order valence-corrected chi connectivity index (χ4v) is 3.29. The minimum absolute atomic E-state index is 0.0719. The van der Waals surface area contributed by atoms with Crippen LogP contribution in [-0.2, 0) is 19.4 Å². The van der Waals surface area contributed by atoms with E-state index < -0.39 is 9.84 Å². The Balaban J connectivity index is 2.29. The fraction of sp³-hybridized carbons (Fsp3) is 0.875. The fourth-order valence-electron chi connectivity index (χ4n) is 1.49. The summed E-state index contributed by atoms with van der Waals surface area (Å²) >= 11 is 0. The number of esters is 1. The van der Waals surface area contributed by atoms with E-state index in [1.165, 1.54) is 7.11 Å². The maximum absolute atomic E-state index is 11.4. The average molecular weight is 221 g/mol. The van der Waals surface area contributed by atoms with Crippen LogP contribution in [0, 0.1) is 0 Å². The van der Waals surface area contributed by atoms with E-state index in [1.807, 2.05) is 0 Å². The number of rotatable bonds is 4. The van der Waals surface area contributed by atoms with Gasteiger partial charge in [-0.25, -0.2) is 8.42 Å². The van der Waals surface area contributed by atoms with Gasteiger partial charge < -0.3 is 10.1 Å². The molecular weight excluding hydrogens is 206 g/mol. The average Bonchev–Trinajstić information content (AvgIpc) is 2.45. The highest BCUT2D eigenvalue weighted by molar-refractivity contribution is 7.92. The van der Waals surface area contributed by atoms with Gasteiger partial charge in [0, 0.05) is 6.54 Å². The zero-order chi connectivity index (χ0) is 10.6. The van der Waals surface area contributed by atoms with Crippen molar-refractivity contribution in [2.75, 3.05) is 26.0 Å². The standard InChI is InChI=1S/C8H15NO4S/c1-13-8(10)6-9-5-7-3-2-4-14(7,11)12/h7,9H,2-6H2,1H3. The first-order chi connectivity index (χ1) is 6.56. The van der Waals surface area contributed by atoms with Crippen LogP contribution in [0.15, 0.2) is 0 Å². The van der Waals surface area contributed by atoms with Crippen molar-refractivity contribution in [3.05, 3.63) is 0 Å². The van der Waals surface area contributed by atoms with Crippen molar-refractivity contribution in [3.8, 4) is 0 Å². The second-order valence-electron chi connectivity index (χ2n) is 3.34. The Bertz CT molecular complexity index is 298. The summed E-state index contributed by atoms with van der Waals surface area (Å²) in [6, 6.07) is 0. The van der Waals surface area contributed by atoms with Crippen molar-refractivity contribution in [2.24, 2.45) is 0 Å². The molecule has 0 bridgehead atoms. The van der Waals surface area contributed by atoms with E-state index in [9.17, 15) is 13.2 Å². The number of hydrogen-bond acceptors (Lipinski definition) is 5. The summed E-state index contributed by atoms with van der Waals surface area (Å²) in [5, 5.41) is 2.45. The lowest BCUT2D eigenvalue weighted by Crippen LogP contribution is -2.34. The Morgan fingerprint density at radius 3 is 2.79 bits per heavy atom. The minimum Gasteiger partial charge on any atom is -0.468 e. The third-order valence-electron chi connectivity index (χ3n) is 2.33. The Morgan fingerprint density at radius 2 is 2.29 bits per heavy atom. The predicted molar refractivity (Wildman–Crippen MR) is 51.7 cm³/mol. The summed E-state index contributed by atoms with van der Waals surface area (Å²) in [5.74, 6) is -0.0993. The number of sulfone groups is 1. The third-order valence-corrected chi connectivity index (χ3v) is 4.61. The molecule has 0 radical (unpaired) electrons. The molecule has 1 aliphatic rings. The lowest BCUT2D eigenvalue weighted by Gasteiger charge is -2.09. The summed E-state index contributed by atoms with van der Waals surface area (Å²) in [4.78, 5) is 10.7. The molecule has 5 nitrogen and oxygen atoms in total. The van der Waals surface area contributed by atoms with Crippen molar-refractivity contribution < 1.29 is 17.9 Å². The molecule has 0 aromatic carbocycles. The maximum atomic E-state index is 11.4. The summed E-state index contributed by atoms with van der Waals surface area (Å²) in [7, 11) is -1.60. The molecule has 6 heteroatoms. The second-order valence-corrected chi connectivity index (χ2v) is 5.74. The smallest absolute Gasteiger partial charge is 0.319 e. The van der Waals surface area contributed by atoms with E-state index in [-0.39, 0.29) is 23.5 Å². The monoisotopic (exact) mass is 221 g/mol. The highest BCUT2D eigenvalue weighted by Crippen LogP contribution is 2.18. The van der Waals surface area contributed by atoms with Gasteiger partial charge in [0.1, 0.15) is 0 Å². The van der Waals surface area contributed by atoms with E-state index in [2.05, 4.69) is 10.1 Å². The molecule has 0 aliphatic carbocycles. The van der Waals surface area contributed by atoms with Crippen LogP contribution in [0.5, 0.6) is 0 Å². The van der Waals surface area contributed by atoms with E-state index in [0.717, 1.165) is 6.42 Å². The highest BCUT2D eigenvalue weighted by atomic mass is 32.2. The van der Waals surface area contributed by atoms with E-state index in [0.29, 0.717) is 13.0 Å². The number of methoxy groups -OCH3 is 1. The normalized spacial score (nSPS) is 24.8. The Morgan fingerprint density at radius 1 is 1.57 bits per heavy atom. The predicted octanol–water partition coefficient (Wildman–Crippen LogP) is -0.674. The molecule has 1 atom stereocenters. The molecule has 1 unspecified atom stereocenters. The molecule has 1 aliphatic heterocycles. The van der Waals surface area contributed by atoms with Crippen molar-refractivity contribution in [1.82, 2.24) is 5.32 Å². The molecule has 82 valence electrons. The van der Waals surface area contributed by atoms with Gasteiger partial charge in [-0.1, -0.05) is 0 Å². The molecule has 0 aromatic heterocycles. The van der Waals surface area contributed by atoms with Gasteiger partial charge >= 0.3 is 5.97 Å². The van der Waals surface area contributed by atoms with Gasteiger partial charge in [0.15, 0.2) is 9.84 Å². The zero-order valence-corrected chi connectivity index (χ0v) is 8.97. The van der Waals surface area contributed by atoms with Gasteiger partial charge in [-0.05, 0) is 12.8 Å². The first-order valence-electron chi connectivity index (χ1n) is 4.55. The first-order valence-corrected chi connectivity index (χ1v) is 6.27. The van der Waals surface area contributed by atoms with Crippen LogP contribution in [0.1, 0.15) is 12.8 Å². The number of carbonyl (C=O) groups excluding carboxylic acids is 1. The van der Waals surface area contributed by atoms with Crippen LogP contribution in [0.4, 0.5) is 0 Å². The van der Waals surface area contributed by atoms with E-state index in [1.54, 1.807) is 0 Å². The molecule has 0 spiro atoms. The van der Waals surface area contributed by atoms with Crippen molar-refractivity contribution >= 4 is 15.8 Å². The number of ether oxygens (including phenoxy) is 1. The first kappa shape index (κ1) is 11.5. The summed E-state index contributed by atoms with van der Waals surface area (Å²) in [5.41, 5.74) is 0. The number of hydrogen-bond donors (Lipinski definition) is 1. The van der Waals surface area contributed by atoms with Crippen LogP contribution in [0.25, 0.3) is 0 Å². The molecule has 14 heavy (non-hydrogen) atoms. The Kier molecular flexibility index (Phi) is 3.88. The van der Waals surface area contributed by atoms with Gasteiger partial charge in [-0.3, -0.25) is 4.79 Å². The molecule has 1 rings (SSSR count). The molecule has 1 saturated heterocycles. The Hall–Kier alpha value is -0.620. The maximum Gasteiger partial charge on any atom is 0.319 e. The third kappa shape index (κ3) is 2.95. The van der Waals surface area contributed by atoms with Crippen LogP contribution in [0.3, 0.4) is 0 Å². The topological polar surface area (TPSA) is 72.5 Å². The van der Waals surface area contributed by atoms with Crippen LogP contribution in [0.2, 0.25) is 0 Å². The molecule has 0 amide bonds. The lowest BCUT2D eigenvalue weighted by molar-refractivity contribution is -0.139. The molecule has 0 aromatic rings. The van der Waals surface area contributed by atoms with Gasteiger partial charge in [0.2, 0.25) is 0 Å². The minimum atomic E-state index is -2.91. The Labute approximate surface area is 83.7 Å². The summed E-state index contributed by atoms with van der Waals surface area (Å²) < 4.78 is 27.1. The molecule has 1 heterocycles. The van der Waals surface area contributed by atoms with Gasteiger partial charge in [0.05, 0.1) is 24.7 Å². The number of nitrogens with one attached hydrogen (secondary N) is 1. The SMILES string of the molecule is COC(=O)CNCC1CCCS1(=O)=O. The number of carbonyl (C=O) groups is 1. The van der Waals surface area contributed by atoms with Crippen LogP contribution >= 0.6 is 0 Å². The molecular formula is C8H15NO4S. The zero-order valence-electron chi connectivity index (χ0n) is 8.15. The quantitative estimate of drug-likeness (QED) is 0.637. The summed E-state index contributed by atoms with van der Waals surface area (Å²) in [6.07, 6.45) is 1.42. The van der Waals surface area contributed by atoms with E-state index in [4.69, 9.17) is 0 Å². The van der Waals surface area contributed by atoms with Gasteiger partial charge in [-0.15, -0.1) is 0 Å². The van der Waals surface area contributed by atoms with Gasteiger partial charge in [0.25, 0.3) is 0 Å².